The van der Waals surface area contributed by atoms with Crippen molar-refractivity contribution in [2.75, 3.05) is 6.61 Å². The highest BCUT2D eigenvalue weighted by molar-refractivity contribution is 7.61. The first-order valence-electron chi connectivity index (χ1n) is 10.5. The number of aliphatic hydroxyl groups is 4. The maximum absolute atomic E-state index is 12.3. The Morgan fingerprint density at radius 1 is 1.14 bits per heavy atom. The van der Waals surface area contributed by atoms with Crippen molar-refractivity contribution in [2.24, 2.45) is 0 Å². The number of hydrogen-bond acceptors (Lipinski definition) is 13. The number of ether oxygens (including phenoxy) is 2. The molecule has 9 atom stereocenters. The van der Waals surface area contributed by atoms with Gasteiger partial charge in [0.25, 0.3) is 5.56 Å². The molecule has 206 valence electrons. The van der Waals surface area contributed by atoms with E-state index in [0.29, 0.717) is 0 Å². The van der Waals surface area contributed by atoms with Crippen LogP contribution in [0.3, 0.4) is 0 Å². The van der Waals surface area contributed by atoms with E-state index in [-0.39, 0.29) is 12.0 Å². The number of aryl methyl sites for hydroxylation is 1. The Morgan fingerprint density at radius 2 is 1.78 bits per heavy atom. The van der Waals surface area contributed by atoms with Crippen LogP contribution in [-0.2, 0) is 32.0 Å². The molecule has 0 spiro atoms. The van der Waals surface area contributed by atoms with Crippen LogP contribution in [0.15, 0.2) is 15.8 Å². The molecule has 19 heteroatoms. The first kappa shape index (κ1) is 29.3. The summed E-state index contributed by atoms with van der Waals surface area (Å²) in [5.41, 5.74) is -2.77. The number of nitrogens with one attached hydrogen (secondary N) is 1. The van der Waals surface area contributed by atoms with E-state index in [1.807, 2.05) is 0 Å². The Morgan fingerprint density at radius 3 is 2.42 bits per heavy atom. The standard InChI is InChI=1S/C17H28N2O15P2/c1-7-5-19(16(25)18-14(7)24)10-4-8(20)9(31-10)6-30-35(26,27)34-36(28,29)33-15-12(22)11(21)13(23)17(2,3)32-15/h5,8-13,15,20-23H,4,6H2,1-3H3,(H,26,27)(H,28,29)(H,18,24,25)/t8-,9+,10+,11-,12+,13+,15-/m0/s1. The molecule has 3 rings (SSSR count). The number of rotatable bonds is 8. The number of H-pyrrole nitrogens is 1. The van der Waals surface area contributed by atoms with Crippen molar-refractivity contribution in [2.45, 2.75) is 75.8 Å². The minimum atomic E-state index is -5.47. The summed E-state index contributed by atoms with van der Waals surface area (Å²) in [6.07, 6.45) is -10.1. The van der Waals surface area contributed by atoms with Crippen LogP contribution in [0.5, 0.6) is 0 Å². The number of aliphatic hydroxyl groups excluding tert-OH is 4. The van der Waals surface area contributed by atoms with Gasteiger partial charge in [-0.1, -0.05) is 0 Å². The van der Waals surface area contributed by atoms with Gasteiger partial charge in [0.2, 0.25) is 0 Å². The third-order valence-corrected chi connectivity index (χ3v) is 8.19. The van der Waals surface area contributed by atoms with Crippen LogP contribution in [0.2, 0.25) is 0 Å². The van der Waals surface area contributed by atoms with E-state index in [2.05, 4.69) is 18.3 Å². The van der Waals surface area contributed by atoms with Gasteiger partial charge in [0.1, 0.15) is 30.6 Å². The van der Waals surface area contributed by atoms with Crippen LogP contribution >= 0.6 is 15.6 Å². The van der Waals surface area contributed by atoms with Crippen molar-refractivity contribution in [1.82, 2.24) is 9.55 Å². The normalized spacial score (nSPS) is 35.8. The van der Waals surface area contributed by atoms with Crippen LogP contribution in [0, 0.1) is 6.92 Å². The van der Waals surface area contributed by atoms with Crippen LogP contribution in [0.1, 0.15) is 32.1 Å². The summed E-state index contributed by atoms with van der Waals surface area (Å²) >= 11 is 0. The van der Waals surface area contributed by atoms with E-state index >= 15 is 0 Å². The molecule has 36 heavy (non-hydrogen) atoms. The average molecular weight is 562 g/mol. The lowest BCUT2D eigenvalue weighted by molar-refractivity contribution is -0.304. The summed E-state index contributed by atoms with van der Waals surface area (Å²) in [5, 5.41) is 39.9. The van der Waals surface area contributed by atoms with Crippen LogP contribution in [-0.4, -0.2) is 88.8 Å². The van der Waals surface area contributed by atoms with E-state index < -0.39 is 82.1 Å². The second kappa shape index (κ2) is 10.5. The molecule has 0 saturated carbocycles. The van der Waals surface area contributed by atoms with E-state index in [4.69, 9.17) is 9.47 Å². The lowest BCUT2D eigenvalue weighted by Crippen LogP contribution is -2.62. The molecule has 0 radical (unpaired) electrons. The average Bonchev–Trinajstić information content (AvgIpc) is 3.11. The fourth-order valence-electron chi connectivity index (χ4n) is 3.59. The van der Waals surface area contributed by atoms with Crippen molar-refractivity contribution >= 4 is 15.6 Å². The van der Waals surface area contributed by atoms with Crippen LogP contribution < -0.4 is 11.2 Å². The molecule has 2 saturated heterocycles. The smallest absolute Gasteiger partial charge is 0.390 e. The summed E-state index contributed by atoms with van der Waals surface area (Å²) in [5.74, 6) is 0. The molecular formula is C17H28N2O15P2. The Bertz CT molecular complexity index is 1170. The van der Waals surface area contributed by atoms with Gasteiger partial charge in [-0.15, -0.1) is 0 Å². The van der Waals surface area contributed by atoms with Crippen molar-refractivity contribution in [3.8, 4) is 0 Å². The second-order valence-electron chi connectivity index (χ2n) is 8.85. The predicted molar refractivity (Wildman–Crippen MR) is 115 cm³/mol. The van der Waals surface area contributed by atoms with Gasteiger partial charge >= 0.3 is 21.3 Å². The van der Waals surface area contributed by atoms with Gasteiger partial charge in [-0.25, -0.2) is 13.9 Å². The van der Waals surface area contributed by atoms with Gasteiger partial charge in [-0.05, 0) is 20.8 Å². The highest BCUT2D eigenvalue weighted by Crippen LogP contribution is 2.61. The van der Waals surface area contributed by atoms with Crippen molar-refractivity contribution in [1.29, 1.82) is 0 Å². The summed E-state index contributed by atoms with van der Waals surface area (Å²) in [6, 6.07) is 0. The van der Waals surface area contributed by atoms with Crippen LogP contribution in [0.25, 0.3) is 0 Å². The fourth-order valence-corrected chi connectivity index (χ4v) is 5.74. The number of phosphoric acid groups is 2. The molecule has 2 unspecified atom stereocenters. The minimum absolute atomic E-state index is 0.154. The third-order valence-electron chi connectivity index (χ3n) is 5.59. The molecule has 7 N–H and O–H groups in total. The molecule has 0 bridgehead atoms. The highest BCUT2D eigenvalue weighted by Gasteiger charge is 2.52. The number of aromatic amines is 1. The summed E-state index contributed by atoms with van der Waals surface area (Å²) in [6.45, 7) is 3.18. The number of aromatic nitrogens is 2. The van der Waals surface area contributed by atoms with E-state index in [9.17, 15) is 48.9 Å². The zero-order valence-electron chi connectivity index (χ0n) is 19.2. The topological polar surface area (TPSA) is 257 Å². The lowest BCUT2D eigenvalue weighted by atomic mass is 9.90. The fraction of sp³-hybridized carbons (Fsp3) is 0.765. The van der Waals surface area contributed by atoms with E-state index in [1.165, 1.54) is 27.0 Å². The van der Waals surface area contributed by atoms with Gasteiger partial charge < -0.3 is 39.7 Å². The number of nitrogens with zero attached hydrogens (tertiary/aromatic N) is 1. The van der Waals surface area contributed by atoms with Gasteiger partial charge in [0.15, 0.2) is 6.29 Å². The Hall–Kier alpha value is -1.30. The molecule has 1 aromatic rings. The van der Waals surface area contributed by atoms with E-state index in [1.54, 1.807) is 0 Å². The SMILES string of the molecule is Cc1cn([C@H]2C[C@H](O)[C@@H](COP(=O)(O)OP(=O)(O)O[C@@H]3OC(C)(C)[C@H](O)[C@@H](O)[C@H]3O)O2)c(=O)[nH]c1=O. The molecule has 2 fully saturated rings. The molecule has 3 heterocycles. The van der Waals surface area contributed by atoms with Gasteiger partial charge in [-0.3, -0.25) is 23.4 Å². The Labute approximate surface area is 203 Å². The Balaban J connectivity index is 1.60. The van der Waals surface area contributed by atoms with E-state index in [0.717, 1.165) is 4.57 Å². The van der Waals surface area contributed by atoms with Gasteiger partial charge in [0.05, 0.1) is 18.3 Å². The second-order valence-corrected chi connectivity index (χ2v) is 11.8. The van der Waals surface area contributed by atoms with Crippen molar-refractivity contribution in [3.63, 3.8) is 0 Å². The van der Waals surface area contributed by atoms with Gasteiger partial charge in [0, 0.05) is 18.2 Å². The van der Waals surface area contributed by atoms with Crippen molar-refractivity contribution < 1.29 is 62.2 Å². The largest absolute Gasteiger partial charge is 0.483 e. The van der Waals surface area contributed by atoms with Gasteiger partial charge in [-0.2, -0.15) is 4.31 Å². The summed E-state index contributed by atoms with van der Waals surface area (Å²) < 4.78 is 49.4. The summed E-state index contributed by atoms with van der Waals surface area (Å²) in [4.78, 5) is 45.3. The lowest BCUT2D eigenvalue weighted by Gasteiger charge is -2.44. The van der Waals surface area contributed by atoms with Crippen LogP contribution in [0.4, 0.5) is 0 Å². The first-order valence-corrected chi connectivity index (χ1v) is 13.5. The molecule has 2 aliphatic rings. The zero-order valence-corrected chi connectivity index (χ0v) is 21.0. The number of hydrogen-bond donors (Lipinski definition) is 7. The molecule has 0 aliphatic carbocycles. The minimum Gasteiger partial charge on any atom is -0.390 e. The van der Waals surface area contributed by atoms with Crippen molar-refractivity contribution in [3.05, 3.63) is 32.6 Å². The molecule has 17 nitrogen and oxygen atoms in total. The quantitative estimate of drug-likeness (QED) is 0.168. The molecular weight excluding hydrogens is 534 g/mol. The molecule has 0 amide bonds. The summed E-state index contributed by atoms with van der Waals surface area (Å²) in [7, 11) is -10.8. The number of phosphoric ester groups is 2. The predicted octanol–water partition coefficient (Wildman–Crippen LogP) is -2.04. The first-order chi connectivity index (χ1) is 16.4. The maximum Gasteiger partial charge on any atom is 0.483 e. The highest BCUT2D eigenvalue weighted by atomic mass is 31.3. The molecule has 1 aromatic heterocycles. The monoisotopic (exact) mass is 562 g/mol. The zero-order chi connectivity index (χ0) is 27.2. The molecule has 0 aromatic carbocycles. The third kappa shape index (κ3) is 6.57. The maximum atomic E-state index is 12.3. The molecule has 2 aliphatic heterocycles. The Kier molecular flexibility index (Phi) is 8.50.